The zero-order valence-electron chi connectivity index (χ0n) is 8.86. The van der Waals surface area contributed by atoms with E-state index >= 15 is 0 Å². The third kappa shape index (κ3) is 1.63. The zero-order chi connectivity index (χ0) is 11.8. The van der Waals surface area contributed by atoms with E-state index in [0.29, 0.717) is 6.42 Å². The number of H-pyrrole nitrogens is 1. The van der Waals surface area contributed by atoms with Crippen molar-refractivity contribution in [1.29, 1.82) is 0 Å². The van der Waals surface area contributed by atoms with Crippen LogP contribution in [0.4, 0.5) is 4.79 Å². The fraction of sp³-hybridized carbons (Fsp3) is 0.182. The van der Waals surface area contributed by atoms with Crippen LogP contribution in [0, 0.1) is 0 Å². The Morgan fingerprint density at radius 3 is 3.00 bits per heavy atom. The van der Waals surface area contributed by atoms with Crippen molar-refractivity contribution in [3.63, 3.8) is 0 Å². The molecule has 0 aliphatic carbocycles. The number of pyridine rings is 1. The van der Waals surface area contributed by atoms with Gasteiger partial charge in [0.05, 0.1) is 11.0 Å². The van der Waals surface area contributed by atoms with Crippen molar-refractivity contribution in [2.75, 3.05) is 0 Å². The second-order valence-corrected chi connectivity index (χ2v) is 3.93. The normalized spacial score (nSPS) is 19.4. The second kappa shape index (κ2) is 3.58. The summed E-state index contributed by atoms with van der Waals surface area (Å²) in [7, 11) is 0. The van der Waals surface area contributed by atoms with Gasteiger partial charge in [-0.1, -0.05) is 0 Å². The fourth-order valence-electron chi connectivity index (χ4n) is 1.99. The van der Waals surface area contributed by atoms with Gasteiger partial charge >= 0.3 is 6.03 Å². The number of amides is 3. The Labute approximate surface area is 96.4 Å². The van der Waals surface area contributed by atoms with Gasteiger partial charge in [-0.2, -0.15) is 0 Å². The number of aromatic amines is 1. The molecule has 2 aromatic rings. The molecular weight excluding hydrogens is 220 g/mol. The average Bonchev–Trinajstić information content (AvgIpc) is 2.85. The van der Waals surface area contributed by atoms with Gasteiger partial charge < -0.3 is 10.3 Å². The number of carbonyl (C=O) groups is 2. The summed E-state index contributed by atoms with van der Waals surface area (Å²) in [5.74, 6) is -0.291. The maximum absolute atomic E-state index is 11.4. The van der Waals surface area contributed by atoms with Gasteiger partial charge in [0.2, 0.25) is 0 Å². The highest BCUT2D eigenvalue weighted by Gasteiger charge is 2.30. The number of imide groups is 1. The molecule has 86 valence electrons. The fourth-order valence-corrected chi connectivity index (χ4v) is 1.99. The lowest BCUT2D eigenvalue weighted by molar-refractivity contribution is -0.120. The van der Waals surface area contributed by atoms with Crippen molar-refractivity contribution < 1.29 is 9.59 Å². The van der Waals surface area contributed by atoms with Gasteiger partial charge in [-0.3, -0.25) is 15.1 Å². The van der Waals surface area contributed by atoms with Crippen LogP contribution in [0.25, 0.3) is 11.0 Å². The predicted octanol–water partition coefficient (Wildman–Crippen LogP) is 0.313. The van der Waals surface area contributed by atoms with Gasteiger partial charge in [0.15, 0.2) is 0 Å². The first-order valence-electron chi connectivity index (χ1n) is 5.26. The number of aromatic nitrogens is 2. The average molecular weight is 230 g/mol. The van der Waals surface area contributed by atoms with E-state index in [1.807, 2.05) is 18.3 Å². The van der Waals surface area contributed by atoms with Crippen molar-refractivity contribution in [3.05, 3.63) is 30.1 Å². The summed E-state index contributed by atoms with van der Waals surface area (Å²) in [5, 5.41) is 4.77. The largest absolute Gasteiger partial charge is 0.360 e. The van der Waals surface area contributed by atoms with E-state index in [-0.39, 0.29) is 5.91 Å². The number of carbonyl (C=O) groups excluding carboxylic acids is 2. The van der Waals surface area contributed by atoms with E-state index in [1.54, 1.807) is 6.20 Å². The lowest BCUT2D eigenvalue weighted by atomic mass is 10.1. The molecule has 3 amide bonds. The lowest BCUT2D eigenvalue weighted by Crippen LogP contribution is -2.31. The number of hydrogen-bond donors (Lipinski definition) is 3. The number of urea groups is 1. The third-order valence-corrected chi connectivity index (χ3v) is 2.80. The highest BCUT2D eigenvalue weighted by atomic mass is 16.2. The van der Waals surface area contributed by atoms with Crippen molar-refractivity contribution >= 4 is 23.0 Å². The van der Waals surface area contributed by atoms with Crippen molar-refractivity contribution in [2.45, 2.75) is 12.5 Å². The Bertz CT molecular complexity index is 604. The van der Waals surface area contributed by atoms with E-state index in [0.717, 1.165) is 16.6 Å². The number of nitrogens with zero attached hydrogens (tertiary/aromatic N) is 1. The highest BCUT2D eigenvalue weighted by Crippen LogP contribution is 2.17. The first-order chi connectivity index (χ1) is 8.24. The molecule has 3 heterocycles. The zero-order valence-corrected chi connectivity index (χ0v) is 8.86. The molecule has 0 saturated carbocycles. The molecule has 1 saturated heterocycles. The van der Waals surface area contributed by atoms with Crippen molar-refractivity contribution in [1.82, 2.24) is 20.6 Å². The molecule has 1 aliphatic heterocycles. The molecular formula is C11H10N4O2. The van der Waals surface area contributed by atoms with Crippen LogP contribution in [0.2, 0.25) is 0 Å². The molecule has 3 rings (SSSR count). The van der Waals surface area contributed by atoms with Crippen LogP contribution in [0.5, 0.6) is 0 Å². The summed E-state index contributed by atoms with van der Waals surface area (Å²) in [6.07, 6.45) is 3.96. The van der Waals surface area contributed by atoms with E-state index in [4.69, 9.17) is 0 Å². The Morgan fingerprint density at radius 1 is 1.35 bits per heavy atom. The van der Waals surface area contributed by atoms with E-state index in [1.165, 1.54) is 0 Å². The smallest absolute Gasteiger partial charge is 0.322 e. The molecule has 3 N–H and O–H groups in total. The van der Waals surface area contributed by atoms with Gasteiger partial charge in [0, 0.05) is 18.8 Å². The molecule has 0 aromatic carbocycles. The van der Waals surface area contributed by atoms with E-state index in [2.05, 4.69) is 20.6 Å². The third-order valence-electron chi connectivity index (χ3n) is 2.80. The molecule has 17 heavy (non-hydrogen) atoms. The molecule has 0 bridgehead atoms. The molecule has 0 spiro atoms. The first kappa shape index (κ1) is 9.83. The summed E-state index contributed by atoms with van der Waals surface area (Å²) >= 11 is 0. The van der Waals surface area contributed by atoms with E-state index < -0.39 is 12.1 Å². The molecule has 1 fully saturated rings. The SMILES string of the molecule is O=C1NC(=O)C(Cc2c[nH]c3cccnc23)N1. The molecule has 0 radical (unpaired) electrons. The van der Waals surface area contributed by atoms with Crippen LogP contribution in [0.1, 0.15) is 5.56 Å². The van der Waals surface area contributed by atoms with Crippen LogP contribution in [-0.2, 0) is 11.2 Å². The minimum absolute atomic E-state index is 0.291. The number of nitrogens with one attached hydrogen (secondary N) is 3. The summed E-state index contributed by atoms with van der Waals surface area (Å²) in [5.41, 5.74) is 2.68. The molecule has 6 nitrogen and oxygen atoms in total. The minimum Gasteiger partial charge on any atom is -0.360 e. The van der Waals surface area contributed by atoms with Crippen molar-refractivity contribution in [3.8, 4) is 0 Å². The Hall–Kier alpha value is -2.37. The molecule has 1 atom stereocenters. The standard InChI is InChI=1S/C11H10N4O2/c16-10-8(14-11(17)15-10)4-6-5-13-7-2-1-3-12-9(6)7/h1-3,5,8,13H,4H2,(H2,14,15,16,17). The number of rotatable bonds is 2. The summed E-state index contributed by atoms with van der Waals surface area (Å²) in [6, 6.07) is 2.81. The monoisotopic (exact) mass is 230 g/mol. The summed E-state index contributed by atoms with van der Waals surface area (Å²) < 4.78 is 0. The van der Waals surface area contributed by atoms with Crippen LogP contribution >= 0.6 is 0 Å². The van der Waals surface area contributed by atoms with Crippen molar-refractivity contribution in [2.24, 2.45) is 0 Å². The Morgan fingerprint density at radius 2 is 2.24 bits per heavy atom. The number of hydrogen-bond acceptors (Lipinski definition) is 3. The van der Waals surface area contributed by atoms with E-state index in [9.17, 15) is 9.59 Å². The predicted molar refractivity (Wildman–Crippen MR) is 60.3 cm³/mol. The minimum atomic E-state index is -0.511. The topological polar surface area (TPSA) is 86.9 Å². The molecule has 1 aliphatic rings. The maximum atomic E-state index is 11.4. The second-order valence-electron chi connectivity index (χ2n) is 3.93. The van der Waals surface area contributed by atoms with Gasteiger partial charge in [-0.15, -0.1) is 0 Å². The molecule has 2 aromatic heterocycles. The van der Waals surface area contributed by atoms with Crippen LogP contribution in [0.15, 0.2) is 24.5 Å². The Kier molecular flexibility index (Phi) is 2.07. The quantitative estimate of drug-likeness (QED) is 0.649. The summed E-state index contributed by atoms with van der Waals surface area (Å²) in [4.78, 5) is 29.7. The number of fused-ring (bicyclic) bond motifs is 1. The first-order valence-corrected chi connectivity index (χ1v) is 5.26. The van der Waals surface area contributed by atoms with Crippen LogP contribution < -0.4 is 10.6 Å². The summed E-state index contributed by atoms with van der Waals surface area (Å²) in [6.45, 7) is 0. The Balaban J connectivity index is 1.90. The maximum Gasteiger partial charge on any atom is 0.322 e. The molecule has 6 heteroatoms. The van der Waals surface area contributed by atoms with Gasteiger partial charge in [0.1, 0.15) is 6.04 Å². The molecule has 1 unspecified atom stereocenters. The van der Waals surface area contributed by atoms with Gasteiger partial charge in [-0.25, -0.2) is 4.79 Å². The van der Waals surface area contributed by atoms with Gasteiger partial charge in [0.25, 0.3) is 5.91 Å². The highest BCUT2D eigenvalue weighted by molar-refractivity contribution is 6.04. The van der Waals surface area contributed by atoms with Gasteiger partial charge in [-0.05, 0) is 17.7 Å². The lowest BCUT2D eigenvalue weighted by Gasteiger charge is -2.04. The van der Waals surface area contributed by atoms with Crippen LogP contribution in [-0.4, -0.2) is 27.9 Å². The van der Waals surface area contributed by atoms with Crippen LogP contribution in [0.3, 0.4) is 0 Å².